The summed E-state index contributed by atoms with van der Waals surface area (Å²) in [5.74, 6) is -1.33. The van der Waals surface area contributed by atoms with Crippen molar-refractivity contribution in [3.8, 4) is 5.75 Å². The van der Waals surface area contributed by atoms with Crippen LogP contribution < -0.4 is 10.1 Å². The normalized spacial score (nSPS) is 21.2. The Morgan fingerprint density at radius 2 is 2.11 bits per heavy atom. The van der Waals surface area contributed by atoms with Crippen molar-refractivity contribution in [1.29, 1.82) is 0 Å². The van der Waals surface area contributed by atoms with Gasteiger partial charge in [0.1, 0.15) is 5.75 Å². The molecule has 1 aromatic rings. The summed E-state index contributed by atoms with van der Waals surface area (Å²) < 4.78 is 5.07. The molecular formula is C13H15NO4. The van der Waals surface area contributed by atoms with Gasteiger partial charge < -0.3 is 15.2 Å². The Morgan fingerprint density at radius 1 is 1.39 bits per heavy atom. The molecule has 2 N–H and O–H groups in total. The van der Waals surface area contributed by atoms with Crippen LogP contribution in [0.4, 0.5) is 5.69 Å². The van der Waals surface area contributed by atoms with Crippen molar-refractivity contribution < 1.29 is 19.4 Å². The molecule has 0 spiro atoms. The van der Waals surface area contributed by atoms with Gasteiger partial charge in [-0.2, -0.15) is 0 Å². The van der Waals surface area contributed by atoms with Crippen LogP contribution >= 0.6 is 0 Å². The van der Waals surface area contributed by atoms with Crippen LogP contribution in [0.3, 0.4) is 0 Å². The van der Waals surface area contributed by atoms with E-state index in [1.54, 1.807) is 19.2 Å². The quantitative estimate of drug-likeness (QED) is 0.851. The number of anilines is 1. The third-order valence-corrected chi connectivity index (χ3v) is 3.14. The largest absolute Gasteiger partial charge is 0.497 e. The number of carboxylic acid groups (broad SMARTS) is 1. The Hall–Kier alpha value is -2.04. The molecule has 1 amide bonds. The molecule has 5 nitrogen and oxygen atoms in total. The van der Waals surface area contributed by atoms with Gasteiger partial charge in [-0.3, -0.25) is 9.59 Å². The summed E-state index contributed by atoms with van der Waals surface area (Å²) in [7, 11) is 1.58. The highest BCUT2D eigenvalue weighted by atomic mass is 16.5. The fourth-order valence-electron chi connectivity index (χ4n) is 1.89. The molecule has 0 unspecified atom stereocenters. The molecule has 1 saturated carbocycles. The second kappa shape index (κ2) is 4.68. The number of methoxy groups -OCH3 is 1. The molecule has 0 saturated heterocycles. The van der Waals surface area contributed by atoms with Crippen LogP contribution in [0, 0.1) is 18.8 Å². The Labute approximate surface area is 105 Å². The van der Waals surface area contributed by atoms with Gasteiger partial charge in [-0.1, -0.05) is 0 Å². The lowest BCUT2D eigenvalue weighted by molar-refractivity contribution is -0.139. The summed E-state index contributed by atoms with van der Waals surface area (Å²) in [6, 6.07) is 5.33. The third-order valence-electron chi connectivity index (χ3n) is 3.14. The van der Waals surface area contributed by atoms with Gasteiger partial charge in [0.15, 0.2) is 0 Å². The standard InChI is InChI=1S/C13H15NO4/c1-7-5-8(18-2)3-4-11(7)14-12(15)9-6-10(9)13(16)17/h3-5,9-10H,6H2,1-2H3,(H,14,15)(H,16,17)/t9-,10+/m1/s1. The number of nitrogens with one attached hydrogen (secondary N) is 1. The smallest absolute Gasteiger partial charge is 0.307 e. The van der Waals surface area contributed by atoms with Gasteiger partial charge in [0, 0.05) is 5.69 Å². The molecule has 1 aromatic carbocycles. The first-order valence-electron chi connectivity index (χ1n) is 5.71. The number of aryl methyl sites for hydroxylation is 1. The highest BCUT2D eigenvalue weighted by Gasteiger charge is 2.48. The number of aliphatic carboxylic acids is 1. The first-order valence-corrected chi connectivity index (χ1v) is 5.71. The molecule has 2 atom stereocenters. The van der Waals surface area contributed by atoms with Crippen LogP contribution in [-0.2, 0) is 9.59 Å². The Morgan fingerprint density at radius 3 is 2.61 bits per heavy atom. The maximum atomic E-state index is 11.8. The molecule has 0 bridgehead atoms. The predicted octanol–water partition coefficient (Wildman–Crippen LogP) is 1.66. The second-order valence-electron chi connectivity index (χ2n) is 4.46. The van der Waals surface area contributed by atoms with Crippen molar-refractivity contribution in [3.63, 3.8) is 0 Å². The predicted molar refractivity (Wildman–Crippen MR) is 65.6 cm³/mol. The maximum Gasteiger partial charge on any atom is 0.307 e. The van der Waals surface area contributed by atoms with Gasteiger partial charge in [-0.05, 0) is 37.1 Å². The number of hydrogen-bond acceptors (Lipinski definition) is 3. The second-order valence-corrected chi connectivity index (χ2v) is 4.46. The molecule has 0 heterocycles. The number of ether oxygens (including phenoxy) is 1. The fraction of sp³-hybridized carbons (Fsp3) is 0.385. The highest BCUT2D eigenvalue weighted by molar-refractivity contribution is 5.98. The number of carbonyl (C=O) groups is 2. The average molecular weight is 249 g/mol. The summed E-state index contributed by atoms with van der Waals surface area (Å²) in [5, 5.41) is 11.5. The zero-order chi connectivity index (χ0) is 13.3. The van der Waals surface area contributed by atoms with Crippen molar-refractivity contribution in [1.82, 2.24) is 0 Å². The number of hydrogen-bond donors (Lipinski definition) is 2. The summed E-state index contributed by atoms with van der Waals surface area (Å²) >= 11 is 0. The number of carbonyl (C=O) groups excluding carboxylic acids is 1. The lowest BCUT2D eigenvalue weighted by Crippen LogP contribution is -2.17. The van der Waals surface area contributed by atoms with Crippen LogP contribution in [-0.4, -0.2) is 24.1 Å². The summed E-state index contributed by atoms with van der Waals surface area (Å²) in [6.45, 7) is 1.86. The van der Waals surface area contributed by atoms with Crippen molar-refractivity contribution in [3.05, 3.63) is 23.8 Å². The molecule has 0 aromatic heterocycles. The first kappa shape index (κ1) is 12.4. The number of amides is 1. The van der Waals surface area contributed by atoms with E-state index in [9.17, 15) is 9.59 Å². The van der Waals surface area contributed by atoms with E-state index in [4.69, 9.17) is 9.84 Å². The van der Waals surface area contributed by atoms with Crippen molar-refractivity contribution >= 4 is 17.6 Å². The lowest BCUT2D eigenvalue weighted by Gasteiger charge is -2.09. The average Bonchev–Trinajstić information content (AvgIpc) is 3.11. The minimum absolute atomic E-state index is 0.226. The van der Waals surface area contributed by atoms with Crippen LogP contribution in [0.15, 0.2) is 18.2 Å². The van der Waals surface area contributed by atoms with E-state index < -0.39 is 17.8 Å². The summed E-state index contributed by atoms with van der Waals surface area (Å²) in [4.78, 5) is 22.5. The Kier molecular flexibility index (Phi) is 3.23. The van der Waals surface area contributed by atoms with Crippen LogP contribution in [0.2, 0.25) is 0 Å². The van der Waals surface area contributed by atoms with E-state index in [0.29, 0.717) is 12.1 Å². The van der Waals surface area contributed by atoms with Crippen LogP contribution in [0.5, 0.6) is 5.75 Å². The minimum atomic E-state index is -0.901. The SMILES string of the molecule is COc1ccc(NC(=O)[C@@H]2C[C@@H]2C(=O)O)c(C)c1. The van der Waals surface area contributed by atoms with Gasteiger partial charge in [0.25, 0.3) is 0 Å². The van der Waals surface area contributed by atoms with Crippen molar-refractivity contribution in [2.75, 3.05) is 12.4 Å². The van der Waals surface area contributed by atoms with E-state index in [1.165, 1.54) is 0 Å². The molecule has 1 aliphatic carbocycles. The van der Waals surface area contributed by atoms with E-state index in [1.807, 2.05) is 13.0 Å². The fourth-order valence-corrected chi connectivity index (χ4v) is 1.89. The maximum absolute atomic E-state index is 11.8. The zero-order valence-electron chi connectivity index (χ0n) is 10.3. The monoisotopic (exact) mass is 249 g/mol. The van der Waals surface area contributed by atoms with Crippen LogP contribution in [0.1, 0.15) is 12.0 Å². The molecule has 18 heavy (non-hydrogen) atoms. The molecule has 1 aliphatic rings. The summed E-state index contributed by atoms with van der Waals surface area (Å²) in [6.07, 6.45) is 0.427. The number of rotatable bonds is 4. The molecule has 2 rings (SSSR count). The van der Waals surface area contributed by atoms with E-state index in [2.05, 4.69) is 5.32 Å². The van der Waals surface area contributed by atoms with Gasteiger partial charge >= 0.3 is 5.97 Å². The molecule has 96 valence electrons. The molecular weight excluding hydrogens is 234 g/mol. The number of benzene rings is 1. The molecule has 5 heteroatoms. The van der Waals surface area contributed by atoms with Gasteiger partial charge in [0.05, 0.1) is 18.9 Å². The highest BCUT2D eigenvalue weighted by Crippen LogP contribution is 2.39. The van der Waals surface area contributed by atoms with Crippen molar-refractivity contribution in [2.45, 2.75) is 13.3 Å². The van der Waals surface area contributed by atoms with E-state index in [0.717, 1.165) is 11.3 Å². The van der Waals surface area contributed by atoms with Crippen LogP contribution in [0.25, 0.3) is 0 Å². The Balaban J connectivity index is 2.02. The van der Waals surface area contributed by atoms with Gasteiger partial charge in [-0.25, -0.2) is 0 Å². The van der Waals surface area contributed by atoms with Gasteiger partial charge in [-0.15, -0.1) is 0 Å². The van der Waals surface area contributed by atoms with Gasteiger partial charge in [0.2, 0.25) is 5.91 Å². The van der Waals surface area contributed by atoms with E-state index >= 15 is 0 Å². The minimum Gasteiger partial charge on any atom is -0.497 e. The van der Waals surface area contributed by atoms with Crippen molar-refractivity contribution in [2.24, 2.45) is 11.8 Å². The molecule has 0 radical (unpaired) electrons. The summed E-state index contributed by atoms with van der Waals surface area (Å²) in [5.41, 5.74) is 1.58. The Bertz CT molecular complexity index is 498. The third kappa shape index (κ3) is 2.45. The first-order chi connectivity index (χ1) is 8.52. The lowest BCUT2D eigenvalue weighted by atomic mass is 10.2. The van der Waals surface area contributed by atoms with E-state index in [-0.39, 0.29) is 5.91 Å². The zero-order valence-corrected chi connectivity index (χ0v) is 10.3. The molecule has 1 fully saturated rings. The number of carboxylic acids is 1. The molecule has 0 aliphatic heterocycles. The topological polar surface area (TPSA) is 75.6 Å².